The maximum Gasteiger partial charge on any atom is 0.250 e. The summed E-state index contributed by atoms with van der Waals surface area (Å²) >= 11 is 6.15. The number of rotatable bonds is 20. The van der Waals surface area contributed by atoms with Crippen LogP contribution in [0.1, 0.15) is 104 Å². The molecule has 0 aromatic heterocycles. The summed E-state index contributed by atoms with van der Waals surface area (Å²) in [5.74, 6) is -0.0971. The quantitative estimate of drug-likeness (QED) is 0.149. The number of carbonyl (C=O) groups is 1. The summed E-state index contributed by atoms with van der Waals surface area (Å²) in [5.41, 5.74) is 0.608. The third kappa shape index (κ3) is 14.7. The molecule has 0 bridgehead atoms. The summed E-state index contributed by atoms with van der Waals surface area (Å²) in [6, 6.07) is 0. The van der Waals surface area contributed by atoms with Crippen LogP contribution in [0.25, 0.3) is 0 Å². The number of nitrogens with zero attached hydrogens (tertiary/aromatic N) is 1. The van der Waals surface area contributed by atoms with E-state index in [4.69, 9.17) is 16.3 Å². The molecular weight excluding hydrogens is 420 g/mol. The first kappa shape index (κ1) is 28.8. The molecule has 0 unspecified atom stereocenters. The Bertz CT molecular complexity index is 572. The van der Waals surface area contributed by atoms with E-state index in [2.05, 4.69) is 24.4 Å². The molecule has 1 rings (SSSR count). The molecule has 0 aromatic rings. The molecule has 0 saturated heterocycles. The van der Waals surface area contributed by atoms with Gasteiger partial charge in [0.25, 0.3) is 5.91 Å². The monoisotopic (exact) mass is 466 g/mol. The molecule has 0 saturated carbocycles. The van der Waals surface area contributed by atoms with Crippen molar-refractivity contribution in [2.45, 2.75) is 104 Å². The van der Waals surface area contributed by atoms with Gasteiger partial charge in [-0.3, -0.25) is 4.79 Å². The molecule has 1 aliphatic heterocycles. The van der Waals surface area contributed by atoms with Gasteiger partial charge in [0.05, 0.1) is 17.2 Å². The van der Waals surface area contributed by atoms with Crippen molar-refractivity contribution in [1.82, 2.24) is 10.2 Å². The first-order chi connectivity index (χ1) is 15.7. The number of carbonyl (C=O) groups excluding carboxylic acids is 1. The van der Waals surface area contributed by atoms with Crippen molar-refractivity contribution in [3.8, 4) is 0 Å². The maximum absolute atomic E-state index is 12.0. The number of nitrogens with one attached hydrogen (secondary N) is 1. The van der Waals surface area contributed by atoms with Gasteiger partial charge in [0.2, 0.25) is 0 Å². The van der Waals surface area contributed by atoms with Gasteiger partial charge < -0.3 is 15.0 Å². The van der Waals surface area contributed by atoms with Crippen molar-refractivity contribution in [2.75, 3.05) is 26.4 Å². The van der Waals surface area contributed by atoms with Gasteiger partial charge in [-0.2, -0.15) is 0 Å². The standard InChI is InChI=1S/C27H47ClN2O2/c1-3-5-6-7-8-9-10-11-12-13-14-15-16-17-18-19-22-32-24-30-21-20-26(28)25(23-30)27(31)29-4-2/h11-12,20-21H,3-10,13-19,22-24H2,1-2H3,(H,29,31)/b12-11-. The first-order valence-electron chi connectivity index (χ1n) is 13.0. The Kier molecular flexibility index (Phi) is 18.3. The molecule has 5 heteroatoms. The normalized spacial score (nSPS) is 14.0. The van der Waals surface area contributed by atoms with Gasteiger partial charge >= 0.3 is 0 Å². The molecule has 1 amide bonds. The first-order valence-corrected chi connectivity index (χ1v) is 13.4. The second-order valence-corrected chi connectivity index (χ2v) is 9.13. The zero-order valence-corrected chi connectivity index (χ0v) is 21.4. The number of likely N-dealkylation sites (N-methyl/N-ethyl adjacent to an activating group) is 1. The van der Waals surface area contributed by atoms with Crippen LogP contribution in [0.4, 0.5) is 0 Å². The molecule has 1 aliphatic rings. The average molecular weight is 467 g/mol. The Morgan fingerprint density at radius 1 is 0.969 bits per heavy atom. The lowest BCUT2D eigenvalue weighted by molar-refractivity contribution is -0.117. The van der Waals surface area contributed by atoms with E-state index >= 15 is 0 Å². The van der Waals surface area contributed by atoms with Crippen molar-refractivity contribution in [2.24, 2.45) is 0 Å². The number of allylic oxidation sites excluding steroid dienone is 4. The molecule has 0 fully saturated rings. The van der Waals surface area contributed by atoms with Gasteiger partial charge in [-0.05, 0) is 45.1 Å². The minimum atomic E-state index is -0.0971. The predicted octanol–water partition coefficient (Wildman–Crippen LogP) is 7.46. The van der Waals surface area contributed by atoms with Gasteiger partial charge in [0.1, 0.15) is 6.73 Å². The van der Waals surface area contributed by atoms with E-state index in [0.29, 0.717) is 30.4 Å². The largest absolute Gasteiger partial charge is 0.361 e. The molecular formula is C27H47ClN2O2. The van der Waals surface area contributed by atoms with E-state index in [9.17, 15) is 4.79 Å². The summed E-state index contributed by atoms with van der Waals surface area (Å²) in [7, 11) is 0. The molecule has 0 aromatic carbocycles. The number of ether oxygens (including phenoxy) is 1. The molecule has 184 valence electrons. The van der Waals surface area contributed by atoms with E-state index in [1.165, 1.54) is 83.5 Å². The fraction of sp³-hybridized carbons (Fsp3) is 0.741. The zero-order chi connectivity index (χ0) is 23.3. The molecule has 4 nitrogen and oxygen atoms in total. The minimum Gasteiger partial charge on any atom is -0.361 e. The van der Waals surface area contributed by atoms with Crippen LogP contribution in [-0.4, -0.2) is 37.2 Å². The van der Waals surface area contributed by atoms with Crippen molar-refractivity contribution in [3.05, 3.63) is 35.0 Å². The molecule has 0 radical (unpaired) electrons. The van der Waals surface area contributed by atoms with E-state index in [0.717, 1.165) is 13.0 Å². The lowest BCUT2D eigenvalue weighted by atomic mass is 10.1. The Labute approximate surface area is 202 Å². The fourth-order valence-corrected chi connectivity index (χ4v) is 3.97. The average Bonchev–Trinajstić information content (AvgIpc) is 2.79. The molecule has 0 aliphatic carbocycles. The summed E-state index contributed by atoms with van der Waals surface area (Å²) in [4.78, 5) is 14.0. The smallest absolute Gasteiger partial charge is 0.250 e. The summed E-state index contributed by atoms with van der Waals surface area (Å²) in [6.45, 7) is 6.53. The van der Waals surface area contributed by atoms with Gasteiger partial charge in [-0.25, -0.2) is 0 Å². The highest BCUT2D eigenvalue weighted by Gasteiger charge is 2.18. The lowest BCUT2D eigenvalue weighted by Gasteiger charge is -2.25. The third-order valence-electron chi connectivity index (χ3n) is 5.75. The Balaban J connectivity index is 1.89. The summed E-state index contributed by atoms with van der Waals surface area (Å²) < 4.78 is 5.78. The second-order valence-electron chi connectivity index (χ2n) is 8.72. The van der Waals surface area contributed by atoms with Gasteiger partial charge in [-0.1, -0.05) is 88.5 Å². The van der Waals surface area contributed by atoms with E-state index in [1.54, 1.807) is 6.08 Å². The molecule has 1 N–H and O–H groups in total. The topological polar surface area (TPSA) is 41.6 Å². The lowest BCUT2D eigenvalue weighted by Crippen LogP contribution is -2.34. The van der Waals surface area contributed by atoms with Crippen LogP contribution >= 0.6 is 11.6 Å². The summed E-state index contributed by atoms with van der Waals surface area (Å²) in [6.07, 6.45) is 26.8. The van der Waals surface area contributed by atoms with Crippen LogP contribution < -0.4 is 5.32 Å². The summed E-state index contributed by atoms with van der Waals surface area (Å²) in [5, 5.41) is 3.32. The Hall–Kier alpha value is -1.26. The number of hydrogen-bond donors (Lipinski definition) is 1. The van der Waals surface area contributed by atoms with Gasteiger partial charge in [0.15, 0.2) is 0 Å². The van der Waals surface area contributed by atoms with Crippen molar-refractivity contribution in [1.29, 1.82) is 0 Å². The SMILES string of the molecule is CCCCCCCC/C=C\CCCCCCCCOCN1C=CC(Cl)=C(C(=O)NCC)C1. The number of halogens is 1. The molecule has 0 spiro atoms. The van der Waals surface area contributed by atoms with Crippen LogP contribution in [0.5, 0.6) is 0 Å². The maximum atomic E-state index is 12.0. The third-order valence-corrected chi connectivity index (χ3v) is 6.10. The van der Waals surface area contributed by atoms with Gasteiger partial charge in [0, 0.05) is 19.4 Å². The van der Waals surface area contributed by atoms with Crippen LogP contribution in [0.15, 0.2) is 35.0 Å². The van der Waals surface area contributed by atoms with Crippen LogP contribution in [-0.2, 0) is 9.53 Å². The van der Waals surface area contributed by atoms with Crippen LogP contribution in [0, 0.1) is 0 Å². The predicted molar refractivity (Wildman–Crippen MR) is 138 cm³/mol. The van der Waals surface area contributed by atoms with Crippen molar-refractivity contribution >= 4 is 17.5 Å². The van der Waals surface area contributed by atoms with Crippen molar-refractivity contribution in [3.63, 3.8) is 0 Å². The van der Waals surface area contributed by atoms with Crippen LogP contribution in [0.3, 0.4) is 0 Å². The second kappa shape index (κ2) is 20.4. The fourth-order valence-electron chi connectivity index (χ4n) is 3.77. The Morgan fingerprint density at radius 2 is 1.56 bits per heavy atom. The highest BCUT2D eigenvalue weighted by atomic mass is 35.5. The number of unbranched alkanes of at least 4 members (excludes halogenated alkanes) is 12. The minimum absolute atomic E-state index is 0.0971. The Morgan fingerprint density at radius 3 is 2.19 bits per heavy atom. The number of amides is 1. The molecule has 0 atom stereocenters. The van der Waals surface area contributed by atoms with Crippen molar-refractivity contribution < 1.29 is 9.53 Å². The molecule has 32 heavy (non-hydrogen) atoms. The van der Waals surface area contributed by atoms with E-state index < -0.39 is 0 Å². The number of hydrogen-bond acceptors (Lipinski definition) is 3. The van der Waals surface area contributed by atoms with E-state index in [-0.39, 0.29) is 5.91 Å². The highest BCUT2D eigenvalue weighted by Crippen LogP contribution is 2.19. The molecule has 1 heterocycles. The van der Waals surface area contributed by atoms with Gasteiger partial charge in [-0.15, -0.1) is 0 Å². The zero-order valence-electron chi connectivity index (χ0n) is 20.7. The van der Waals surface area contributed by atoms with E-state index in [1.807, 2.05) is 18.0 Å². The highest BCUT2D eigenvalue weighted by molar-refractivity contribution is 6.33. The van der Waals surface area contributed by atoms with Crippen LogP contribution in [0.2, 0.25) is 0 Å².